The topological polar surface area (TPSA) is 49.7 Å². The van der Waals surface area contributed by atoms with Gasteiger partial charge in [0.05, 0.1) is 23.9 Å². The van der Waals surface area contributed by atoms with Crippen molar-refractivity contribution in [3.8, 4) is 11.3 Å². The van der Waals surface area contributed by atoms with Crippen molar-refractivity contribution in [2.75, 3.05) is 7.05 Å². The fourth-order valence-electron chi connectivity index (χ4n) is 2.46. The third-order valence-corrected chi connectivity index (χ3v) is 3.64. The number of aromatic amines is 1. The predicted molar refractivity (Wildman–Crippen MR) is 82.4 cm³/mol. The molecule has 1 aromatic carbocycles. The molecule has 0 saturated carbocycles. The molecule has 0 atom stereocenters. The lowest BCUT2D eigenvalue weighted by Gasteiger charge is -2.16. The third kappa shape index (κ3) is 3.07. The second kappa shape index (κ2) is 6.11. The highest BCUT2D eigenvalue weighted by atomic mass is 19.1. The van der Waals surface area contributed by atoms with Gasteiger partial charge in [0.15, 0.2) is 0 Å². The molecule has 0 unspecified atom stereocenters. The zero-order valence-electron chi connectivity index (χ0n) is 12.6. The van der Waals surface area contributed by atoms with Crippen molar-refractivity contribution in [2.45, 2.75) is 13.1 Å². The van der Waals surface area contributed by atoms with E-state index in [2.05, 4.69) is 27.1 Å². The Hall–Kier alpha value is -2.47. The molecule has 1 N–H and O–H groups in total. The lowest BCUT2D eigenvalue weighted by atomic mass is 10.1. The van der Waals surface area contributed by atoms with Crippen molar-refractivity contribution >= 4 is 0 Å². The van der Waals surface area contributed by atoms with E-state index in [9.17, 15) is 4.39 Å². The van der Waals surface area contributed by atoms with E-state index in [4.69, 9.17) is 0 Å². The van der Waals surface area contributed by atoms with Gasteiger partial charge in [-0.05, 0) is 31.3 Å². The number of aryl methyl sites for hydroxylation is 1. The van der Waals surface area contributed by atoms with Gasteiger partial charge in [-0.2, -0.15) is 5.10 Å². The van der Waals surface area contributed by atoms with E-state index in [1.807, 2.05) is 24.0 Å². The van der Waals surface area contributed by atoms with Gasteiger partial charge < -0.3 is 4.57 Å². The molecule has 22 heavy (non-hydrogen) atoms. The Labute approximate surface area is 128 Å². The molecule has 6 heteroatoms. The summed E-state index contributed by atoms with van der Waals surface area (Å²) in [6.07, 6.45) is 5.48. The van der Waals surface area contributed by atoms with E-state index in [1.54, 1.807) is 18.5 Å². The summed E-state index contributed by atoms with van der Waals surface area (Å²) < 4.78 is 15.1. The van der Waals surface area contributed by atoms with Crippen molar-refractivity contribution < 1.29 is 4.39 Å². The highest BCUT2D eigenvalue weighted by molar-refractivity contribution is 5.62. The molecule has 0 aliphatic rings. The molecule has 2 aromatic heterocycles. The van der Waals surface area contributed by atoms with Crippen LogP contribution >= 0.6 is 0 Å². The van der Waals surface area contributed by atoms with E-state index in [-0.39, 0.29) is 5.82 Å². The Morgan fingerprint density at radius 1 is 1.18 bits per heavy atom. The lowest BCUT2D eigenvalue weighted by molar-refractivity contribution is 0.312. The van der Waals surface area contributed by atoms with Crippen molar-refractivity contribution in [1.29, 1.82) is 0 Å². The van der Waals surface area contributed by atoms with Gasteiger partial charge >= 0.3 is 0 Å². The first-order valence-electron chi connectivity index (χ1n) is 7.05. The molecule has 0 saturated heterocycles. The van der Waals surface area contributed by atoms with Crippen LogP contribution in [0.15, 0.2) is 43.0 Å². The predicted octanol–water partition coefficient (Wildman–Crippen LogP) is 2.58. The highest BCUT2D eigenvalue weighted by Gasteiger charge is 2.11. The molecule has 3 rings (SSSR count). The maximum absolute atomic E-state index is 13.0. The molecule has 0 bridgehead atoms. The van der Waals surface area contributed by atoms with Gasteiger partial charge in [0.1, 0.15) is 5.82 Å². The van der Waals surface area contributed by atoms with Crippen LogP contribution in [0.4, 0.5) is 4.39 Å². The number of imidazole rings is 1. The van der Waals surface area contributed by atoms with Gasteiger partial charge in [-0.25, -0.2) is 9.37 Å². The minimum atomic E-state index is -0.238. The lowest BCUT2D eigenvalue weighted by Crippen LogP contribution is -2.18. The van der Waals surface area contributed by atoms with Crippen LogP contribution in [0.3, 0.4) is 0 Å². The van der Waals surface area contributed by atoms with Crippen LogP contribution in [0.2, 0.25) is 0 Å². The minimum Gasteiger partial charge on any atom is -0.337 e. The molecule has 5 nitrogen and oxygen atoms in total. The van der Waals surface area contributed by atoms with Crippen molar-refractivity contribution in [3.05, 3.63) is 60.1 Å². The zero-order chi connectivity index (χ0) is 15.5. The fraction of sp³-hybridized carbons (Fsp3) is 0.250. The Morgan fingerprint density at radius 3 is 2.64 bits per heavy atom. The molecule has 0 fully saturated rings. The molecular formula is C16H18FN5. The average Bonchev–Trinajstić information content (AvgIpc) is 3.10. The summed E-state index contributed by atoms with van der Waals surface area (Å²) in [6, 6.07) is 6.43. The van der Waals surface area contributed by atoms with Crippen LogP contribution in [-0.4, -0.2) is 31.7 Å². The van der Waals surface area contributed by atoms with Crippen LogP contribution in [0.1, 0.15) is 11.3 Å². The van der Waals surface area contributed by atoms with Gasteiger partial charge in [0.25, 0.3) is 0 Å². The van der Waals surface area contributed by atoms with Gasteiger partial charge in [-0.1, -0.05) is 0 Å². The molecule has 0 spiro atoms. The van der Waals surface area contributed by atoms with E-state index in [1.165, 1.54) is 12.1 Å². The third-order valence-electron chi connectivity index (χ3n) is 3.64. The van der Waals surface area contributed by atoms with E-state index < -0.39 is 0 Å². The highest BCUT2D eigenvalue weighted by Crippen LogP contribution is 2.22. The molecule has 0 aliphatic heterocycles. The summed E-state index contributed by atoms with van der Waals surface area (Å²) in [7, 11) is 4.03. The number of benzene rings is 1. The SMILES string of the molecule is CN(Cc1cn[nH]c1-c1ccc(F)cc1)Cc1cncn1C. The zero-order valence-corrected chi connectivity index (χ0v) is 12.6. The molecule has 2 heterocycles. The summed E-state index contributed by atoms with van der Waals surface area (Å²) in [5, 5.41) is 7.13. The Balaban J connectivity index is 1.75. The Bertz CT molecular complexity index is 744. The fourth-order valence-corrected chi connectivity index (χ4v) is 2.46. The molecular weight excluding hydrogens is 281 g/mol. The van der Waals surface area contributed by atoms with Crippen LogP contribution in [0.5, 0.6) is 0 Å². The van der Waals surface area contributed by atoms with Crippen LogP contribution < -0.4 is 0 Å². The van der Waals surface area contributed by atoms with Gasteiger partial charge in [-0.3, -0.25) is 10.00 Å². The number of aromatic nitrogens is 4. The molecule has 3 aromatic rings. The summed E-state index contributed by atoms with van der Waals surface area (Å²) in [6.45, 7) is 1.54. The quantitative estimate of drug-likeness (QED) is 0.788. The van der Waals surface area contributed by atoms with Gasteiger partial charge in [0, 0.05) is 37.5 Å². The minimum absolute atomic E-state index is 0.238. The molecule has 0 amide bonds. The second-order valence-electron chi connectivity index (χ2n) is 5.45. The maximum Gasteiger partial charge on any atom is 0.123 e. The van der Waals surface area contributed by atoms with E-state index >= 15 is 0 Å². The van der Waals surface area contributed by atoms with E-state index in [0.29, 0.717) is 0 Å². The summed E-state index contributed by atoms with van der Waals surface area (Å²) in [4.78, 5) is 6.32. The largest absolute Gasteiger partial charge is 0.337 e. The standard InChI is InChI=1S/C16H18FN5/c1-21(10-15-8-18-11-22(15)2)9-13-7-19-20-16(13)12-3-5-14(17)6-4-12/h3-8,11H,9-10H2,1-2H3,(H,19,20). The first-order chi connectivity index (χ1) is 10.6. The second-order valence-corrected chi connectivity index (χ2v) is 5.45. The normalized spacial score (nSPS) is 11.3. The number of H-pyrrole nitrogens is 1. The molecule has 114 valence electrons. The number of nitrogens with zero attached hydrogens (tertiary/aromatic N) is 4. The van der Waals surface area contributed by atoms with Crippen molar-refractivity contribution in [2.24, 2.45) is 7.05 Å². The number of halogens is 1. The number of nitrogens with one attached hydrogen (secondary N) is 1. The number of hydrogen-bond acceptors (Lipinski definition) is 3. The molecule has 0 aliphatic carbocycles. The number of hydrogen-bond donors (Lipinski definition) is 1. The maximum atomic E-state index is 13.0. The summed E-state index contributed by atoms with van der Waals surface area (Å²) >= 11 is 0. The Morgan fingerprint density at radius 2 is 1.95 bits per heavy atom. The van der Waals surface area contributed by atoms with Crippen LogP contribution in [0, 0.1) is 5.82 Å². The van der Waals surface area contributed by atoms with Gasteiger partial charge in [0.2, 0.25) is 0 Å². The van der Waals surface area contributed by atoms with Crippen molar-refractivity contribution in [3.63, 3.8) is 0 Å². The Kier molecular flexibility index (Phi) is 4.02. The van der Waals surface area contributed by atoms with Crippen LogP contribution in [0.25, 0.3) is 11.3 Å². The van der Waals surface area contributed by atoms with Crippen LogP contribution in [-0.2, 0) is 20.1 Å². The number of rotatable bonds is 5. The first kappa shape index (κ1) is 14.5. The molecule has 0 radical (unpaired) electrons. The van der Waals surface area contributed by atoms with Crippen molar-refractivity contribution in [1.82, 2.24) is 24.6 Å². The monoisotopic (exact) mass is 299 g/mol. The summed E-state index contributed by atoms with van der Waals surface area (Å²) in [5.41, 5.74) is 4.09. The van der Waals surface area contributed by atoms with Gasteiger partial charge in [-0.15, -0.1) is 0 Å². The van der Waals surface area contributed by atoms with E-state index in [0.717, 1.165) is 35.6 Å². The first-order valence-corrected chi connectivity index (χ1v) is 7.05. The summed E-state index contributed by atoms with van der Waals surface area (Å²) in [5.74, 6) is -0.238. The smallest absolute Gasteiger partial charge is 0.123 e. The average molecular weight is 299 g/mol.